The number of hydrazine groups is 1. The highest BCUT2D eigenvalue weighted by molar-refractivity contribution is 5.94. The van der Waals surface area contributed by atoms with Gasteiger partial charge in [-0.15, -0.1) is 0 Å². The molecule has 0 saturated carbocycles. The summed E-state index contributed by atoms with van der Waals surface area (Å²) < 4.78 is 10.4. The van der Waals surface area contributed by atoms with Crippen molar-refractivity contribution in [2.24, 2.45) is 16.6 Å². The maximum Gasteiger partial charge on any atom is 0.408 e. The SMILES string of the molecule is CCC(C)C(NC(=O)C(CCCN=C(N)N[N+](=O)[O-])NC(=O)OCc1ccccc1)C(=O)NC(CC(=O)OC(C)(C)C)C(=O)O. The zero-order chi connectivity index (χ0) is 34.2. The number of hydrogen-bond donors (Lipinski definition) is 6. The Morgan fingerprint density at radius 1 is 1.04 bits per heavy atom. The molecule has 0 aromatic heterocycles. The van der Waals surface area contributed by atoms with Crippen molar-refractivity contribution in [2.45, 2.75) is 90.6 Å². The van der Waals surface area contributed by atoms with Crippen LogP contribution in [-0.4, -0.2) is 76.2 Å². The number of aliphatic imine (C=N–C) groups is 1. The van der Waals surface area contributed by atoms with Crippen molar-refractivity contribution in [2.75, 3.05) is 6.54 Å². The van der Waals surface area contributed by atoms with Crippen LogP contribution in [0, 0.1) is 16.0 Å². The molecule has 7 N–H and O–H groups in total. The van der Waals surface area contributed by atoms with Gasteiger partial charge in [-0.1, -0.05) is 56.0 Å². The molecule has 0 aliphatic rings. The van der Waals surface area contributed by atoms with E-state index in [4.69, 9.17) is 15.2 Å². The summed E-state index contributed by atoms with van der Waals surface area (Å²) in [5.41, 5.74) is 6.92. The molecule has 4 unspecified atom stereocenters. The maximum atomic E-state index is 13.4. The Bertz CT molecular complexity index is 1200. The van der Waals surface area contributed by atoms with E-state index < -0.39 is 76.9 Å². The molecule has 0 bridgehead atoms. The molecule has 250 valence electrons. The first-order valence-electron chi connectivity index (χ1n) is 14.3. The lowest BCUT2D eigenvalue weighted by Gasteiger charge is -2.28. The number of nitrogens with zero attached hydrogens (tertiary/aromatic N) is 2. The number of aliphatic carboxylic acids is 1. The number of amides is 3. The zero-order valence-corrected chi connectivity index (χ0v) is 26.0. The van der Waals surface area contributed by atoms with E-state index in [0.717, 1.165) is 0 Å². The Morgan fingerprint density at radius 3 is 2.24 bits per heavy atom. The first kappa shape index (κ1) is 38.1. The van der Waals surface area contributed by atoms with Crippen LogP contribution in [0.3, 0.4) is 0 Å². The number of nitrogens with one attached hydrogen (secondary N) is 4. The smallest absolute Gasteiger partial charge is 0.408 e. The molecule has 4 atom stereocenters. The molecule has 0 aliphatic heterocycles. The van der Waals surface area contributed by atoms with Gasteiger partial charge in [0.05, 0.1) is 6.42 Å². The molecule has 0 spiro atoms. The molecule has 0 aliphatic carbocycles. The van der Waals surface area contributed by atoms with Crippen molar-refractivity contribution >= 4 is 35.8 Å². The third-order valence-corrected chi connectivity index (χ3v) is 6.16. The number of nitro groups is 1. The molecule has 1 aromatic rings. The highest BCUT2D eigenvalue weighted by Crippen LogP contribution is 2.13. The van der Waals surface area contributed by atoms with E-state index in [1.807, 2.05) is 0 Å². The predicted molar refractivity (Wildman–Crippen MR) is 161 cm³/mol. The lowest BCUT2D eigenvalue weighted by Crippen LogP contribution is -2.58. The van der Waals surface area contributed by atoms with Crippen LogP contribution in [0.1, 0.15) is 65.9 Å². The van der Waals surface area contributed by atoms with Crippen LogP contribution in [0.25, 0.3) is 0 Å². The van der Waals surface area contributed by atoms with Crippen molar-refractivity contribution in [3.8, 4) is 0 Å². The van der Waals surface area contributed by atoms with Gasteiger partial charge >= 0.3 is 18.0 Å². The second kappa shape index (κ2) is 18.6. The molecule has 1 rings (SSSR count). The lowest BCUT2D eigenvalue weighted by molar-refractivity contribution is -0.525. The van der Waals surface area contributed by atoms with E-state index in [0.29, 0.717) is 12.0 Å². The van der Waals surface area contributed by atoms with E-state index in [-0.39, 0.29) is 26.0 Å². The Balaban J connectivity index is 3.07. The zero-order valence-electron chi connectivity index (χ0n) is 26.0. The number of alkyl carbamates (subject to hydrolysis) is 1. The largest absolute Gasteiger partial charge is 0.480 e. The molecule has 1 aromatic carbocycles. The number of ether oxygens (including phenoxy) is 2. The molecule has 0 saturated heterocycles. The predicted octanol–water partition coefficient (Wildman–Crippen LogP) is 0.990. The van der Waals surface area contributed by atoms with Crippen molar-refractivity contribution < 1.29 is 43.6 Å². The molecule has 17 heteroatoms. The van der Waals surface area contributed by atoms with Crippen LogP contribution in [0.15, 0.2) is 35.3 Å². The summed E-state index contributed by atoms with van der Waals surface area (Å²) in [7, 11) is 0. The van der Waals surface area contributed by atoms with E-state index >= 15 is 0 Å². The Morgan fingerprint density at radius 2 is 1.69 bits per heavy atom. The van der Waals surface area contributed by atoms with Gasteiger partial charge in [0.15, 0.2) is 5.03 Å². The van der Waals surface area contributed by atoms with E-state index in [2.05, 4.69) is 20.9 Å². The molecular formula is C28H43N7O10. The number of carboxylic acid groups (broad SMARTS) is 1. The molecule has 3 amide bonds. The highest BCUT2D eigenvalue weighted by atomic mass is 16.7. The fraction of sp³-hybridized carbons (Fsp3) is 0.571. The van der Waals surface area contributed by atoms with Crippen LogP contribution in [0.5, 0.6) is 0 Å². The van der Waals surface area contributed by atoms with Gasteiger partial charge in [0.25, 0.3) is 5.96 Å². The molecule has 17 nitrogen and oxygen atoms in total. The van der Waals surface area contributed by atoms with Crippen LogP contribution in [-0.2, 0) is 35.3 Å². The van der Waals surface area contributed by atoms with Crippen LogP contribution in [0.2, 0.25) is 0 Å². The topological polar surface area (TPSA) is 254 Å². The van der Waals surface area contributed by atoms with Crippen molar-refractivity contribution in [1.82, 2.24) is 21.4 Å². The van der Waals surface area contributed by atoms with Gasteiger partial charge in [0, 0.05) is 6.54 Å². The summed E-state index contributed by atoms with van der Waals surface area (Å²) in [5, 5.41) is 26.6. The monoisotopic (exact) mass is 637 g/mol. The minimum absolute atomic E-state index is 0.0350. The number of carbonyl (C=O) groups excluding carboxylic acids is 4. The number of carbonyl (C=O) groups is 5. The van der Waals surface area contributed by atoms with Crippen LogP contribution in [0.4, 0.5) is 4.79 Å². The number of benzene rings is 1. The summed E-state index contributed by atoms with van der Waals surface area (Å²) in [6.07, 6.45) is -1.08. The third kappa shape index (κ3) is 15.9. The van der Waals surface area contributed by atoms with Gasteiger partial charge < -0.3 is 36.3 Å². The molecular weight excluding hydrogens is 594 g/mol. The minimum Gasteiger partial charge on any atom is -0.480 e. The average molecular weight is 638 g/mol. The fourth-order valence-electron chi connectivity index (χ4n) is 3.77. The maximum absolute atomic E-state index is 13.4. The second-order valence-electron chi connectivity index (χ2n) is 11.1. The van der Waals surface area contributed by atoms with Gasteiger partial charge in [-0.3, -0.25) is 14.4 Å². The first-order chi connectivity index (χ1) is 21.0. The molecule has 0 heterocycles. The summed E-state index contributed by atoms with van der Waals surface area (Å²) in [6, 6.07) is 4.66. The number of esters is 1. The number of carboxylic acids is 1. The number of nitrogens with two attached hydrogens (primary N) is 1. The summed E-state index contributed by atoms with van der Waals surface area (Å²) >= 11 is 0. The van der Waals surface area contributed by atoms with Crippen molar-refractivity contribution in [3.63, 3.8) is 0 Å². The lowest BCUT2D eigenvalue weighted by atomic mass is 9.97. The first-order valence-corrected chi connectivity index (χ1v) is 14.3. The summed E-state index contributed by atoms with van der Waals surface area (Å²) in [4.78, 5) is 77.6. The van der Waals surface area contributed by atoms with Gasteiger partial charge in [0.2, 0.25) is 11.8 Å². The van der Waals surface area contributed by atoms with Gasteiger partial charge in [-0.25, -0.2) is 24.7 Å². The van der Waals surface area contributed by atoms with Crippen LogP contribution >= 0.6 is 0 Å². The normalized spacial score (nSPS) is 14.1. The molecule has 0 fully saturated rings. The number of hydrogen-bond acceptors (Lipinski definition) is 10. The van der Waals surface area contributed by atoms with Gasteiger partial charge in [-0.2, -0.15) is 0 Å². The molecule has 45 heavy (non-hydrogen) atoms. The Hall–Kier alpha value is -4.96. The summed E-state index contributed by atoms with van der Waals surface area (Å²) in [6.45, 7) is 8.12. The van der Waals surface area contributed by atoms with Crippen LogP contribution < -0.4 is 27.1 Å². The standard InChI is InChI=1S/C28H43N7O10/c1-6-17(2)22(24(38)31-20(25(39)40)15-21(36)45-28(3,4)5)33-23(37)19(13-10-14-30-26(29)34-35(42)43)32-27(41)44-16-18-11-8-7-9-12-18/h7-9,11-12,17,19-20,22H,6,10,13-16H2,1-5H3,(H,31,38)(H,32,41)(H,33,37)(H,39,40)(H3,29,30,34). The highest BCUT2D eigenvalue weighted by Gasteiger charge is 2.34. The Labute approximate surface area is 260 Å². The molecule has 0 radical (unpaired) electrons. The van der Waals surface area contributed by atoms with Crippen molar-refractivity contribution in [3.05, 3.63) is 46.0 Å². The Kier molecular flexibility index (Phi) is 15.8. The third-order valence-electron chi connectivity index (χ3n) is 6.16. The second-order valence-corrected chi connectivity index (χ2v) is 11.1. The van der Waals surface area contributed by atoms with E-state index in [1.165, 1.54) is 0 Å². The van der Waals surface area contributed by atoms with Crippen molar-refractivity contribution in [1.29, 1.82) is 0 Å². The summed E-state index contributed by atoms with van der Waals surface area (Å²) in [5.74, 6) is -4.91. The average Bonchev–Trinajstić information content (AvgIpc) is 2.94. The van der Waals surface area contributed by atoms with Gasteiger partial charge in [-0.05, 0) is 45.1 Å². The number of rotatable bonds is 17. The fourth-order valence-corrected chi connectivity index (χ4v) is 3.77. The quantitative estimate of drug-likeness (QED) is 0.0349. The van der Waals surface area contributed by atoms with Gasteiger partial charge in [0.1, 0.15) is 30.3 Å². The minimum atomic E-state index is -1.63. The van der Waals surface area contributed by atoms with E-state index in [1.54, 1.807) is 70.4 Å². The van der Waals surface area contributed by atoms with E-state index in [9.17, 15) is 39.2 Å². The number of guanidine groups is 1.